The van der Waals surface area contributed by atoms with E-state index in [0.29, 0.717) is 29.0 Å². The Morgan fingerprint density at radius 2 is 1.76 bits per heavy atom. The first kappa shape index (κ1) is 15.5. The van der Waals surface area contributed by atoms with Gasteiger partial charge in [-0.05, 0) is 30.4 Å². The highest BCUT2D eigenvalue weighted by molar-refractivity contribution is 5.89. The summed E-state index contributed by atoms with van der Waals surface area (Å²) in [6.07, 6.45) is 1.18. The Balaban J connectivity index is 2.05. The summed E-state index contributed by atoms with van der Waals surface area (Å²) in [5, 5.41) is 2.93. The number of rotatable bonds is 3. The zero-order valence-corrected chi connectivity index (χ0v) is 13.2. The normalized spacial score (nSPS) is 21.8. The Morgan fingerprint density at radius 1 is 1.14 bits per heavy atom. The zero-order valence-electron chi connectivity index (χ0n) is 13.2. The van der Waals surface area contributed by atoms with Crippen LogP contribution in [0.15, 0.2) is 18.2 Å². The molecule has 116 valence electrons. The number of hydrogen-bond acceptors (Lipinski definition) is 3. The van der Waals surface area contributed by atoms with Crippen molar-refractivity contribution in [3.63, 3.8) is 0 Å². The number of likely N-dealkylation sites (tertiary alicyclic amines) is 1. The number of nitrogens with zero attached hydrogens (tertiary/aromatic N) is 1. The van der Waals surface area contributed by atoms with Crippen LogP contribution in [0.4, 0.5) is 10.5 Å². The van der Waals surface area contributed by atoms with Crippen LogP contribution in [0, 0.1) is 11.8 Å². The van der Waals surface area contributed by atoms with Crippen molar-refractivity contribution in [1.29, 1.82) is 0 Å². The maximum Gasteiger partial charge on any atom is 0.321 e. The number of methoxy groups -OCH3 is 2. The number of carbonyl (C=O) groups excluding carboxylic acids is 1. The molecule has 1 aromatic rings. The van der Waals surface area contributed by atoms with Gasteiger partial charge in [-0.15, -0.1) is 0 Å². The molecular formula is C16H24N2O3. The van der Waals surface area contributed by atoms with Crippen molar-refractivity contribution in [3.8, 4) is 11.5 Å². The molecule has 1 aliphatic heterocycles. The number of ether oxygens (including phenoxy) is 2. The molecule has 2 atom stereocenters. The van der Waals surface area contributed by atoms with Crippen LogP contribution in [0.3, 0.4) is 0 Å². The van der Waals surface area contributed by atoms with Crippen LogP contribution in [-0.2, 0) is 0 Å². The summed E-state index contributed by atoms with van der Waals surface area (Å²) in [4.78, 5) is 14.2. The van der Waals surface area contributed by atoms with E-state index in [1.54, 1.807) is 26.4 Å². The van der Waals surface area contributed by atoms with Gasteiger partial charge in [0.05, 0.1) is 14.2 Å². The van der Waals surface area contributed by atoms with Gasteiger partial charge in [-0.25, -0.2) is 4.79 Å². The number of benzene rings is 1. The fraction of sp³-hybridized carbons (Fsp3) is 0.562. The topological polar surface area (TPSA) is 50.8 Å². The summed E-state index contributed by atoms with van der Waals surface area (Å²) in [6.45, 7) is 5.99. The lowest BCUT2D eigenvalue weighted by molar-refractivity contribution is 0.156. The summed E-state index contributed by atoms with van der Waals surface area (Å²) >= 11 is 0. The number of amides is 2. The molecule has 5 nitrogen and oxygen atoms in total. The number of carbonyl (C=O) groups is 1. The molecule has 1 N–H and O–H groups in total. The number of piperidine rings is 1. The third-order valence-corrected chi connectivity index (χ3v) is 3.79. The number of anilines is 1. The fourth-order valence-corrected chi connectivity index (χ4v) is 2.95. The van der Waals surface area contributed by atoms with E-state index in [4.69, 9.17) is 9.47 Å². The first-order chi connectivity index (χ1) is 10.0. The number of hydrogen-bond donors (Lipinski definition) is 1. The third kappa shape index (κ3) is 3.80. The van der Waals surface area contributed by atoms with Gasteiger partial charge in [-0.1, -0.05) is 13.8 Å². The Bertz CT molecular complexity index is 494. The summed E-state index contributed by atoms with van der Waals surface area (Å²) in [5.74, 6) is 2.35. The lowest BCUT2D eigenvalue weighted by atomic mass is 9.92. The predicted molar refractivity (Wildman–Crippen MR) is 83.1 cm³/mol. The minimum absolute atomic E-state index is 0.0550. The molecule has 0 bridgehead atoms. The fourth-order valence-electron chi connectivity index (χ4n) is 2.95. The van der Waals surface area contributed by atoms with Gasteiger partial charge in [0.15, 0.2) is 11.5 Å². The highest BCUT2D eigenvalue weighted by atomic mass is 16.5. The van der Waals surface area contributed by atoms with Crippen molar-refractivity contribution in [3.05, 3.63) is 18.2 Å². The van der Waals surface area contributed by atoms with Crippen LogP contribution in [-0.4, -0.2) is 38.2 Å². The van der Waals surface area contributed by atoms with E-state index in [2.05, 4.69) is 19.2 Å². The van der Waals surface area contributed by atoms with Gasteiger partial charge < -0.3 is 19.7 Å². The standard InChI is InChI=1S/C16H24N2O3/c1-11-7-12(2)10-18(9-11)16(19)17-13-5-6-14(20-3)15(8-13)21-4/h5-6,8,11-12H,7,9-10H2,1-4H3,(H,17,19). The minimum Gasteiger partial charge on any atom is -0.493 e. The highest BCUT2D eigenvalue weighted by Crippen LogP contribution is 2.30. The minimum atomic E-state index is -0.0550. The number of nitrogens with one attached hydrogen (secondary N) is 1. The van der Waals surface area contributed by atoms with Crippen LogP contribution >= 0.6 is 0 Å². The molecule has 0 radical (unpaired) electrons. The second-order valence-corrected chi connectivity index (χ2v) is 5.85. The lowest BCUT2D eigenvalue weighted by Gasteiger charge is -2.34. The molecule has 2 amide bonds. The highest BCUT2D eigenvalue weighted by Gasteiger charge is 2.25. The Hall–Kier alpha value is -1.91. The average Bonchev–Trinajstić information content (AvgIpc) is 2.46. The molecule has 21 heavy (non-hydrogen) atoms. The molecule has 0 saturated carbocycles. The molecule has 2 unspecified atom stereocenters. The molecule has 1 saturated heterocycles. The molecule has 5 heteroatoms. The quantitative estimate of drug-likeness (QED) is 0.930. The summed E-state index contributed by atoms with van der Waals surface area (Å²) in [6, 6.07) is 5.32. The maximum absolute atomic E-state index is 12.4. The van der Waals surface area contributed by atoms with Crippen LogP contribution in [0.5, 0.6) is 11.5 Å². The van der Waals surface area contributed by atoms with Crippen LogP contribution in [0.2, 0.25) is 0 Å². The molecule has 0 aromatic heterocycles. The molecule has 1 aromatic carbocycles. The lowest BCUT2D eigenvalue weighted by Crippen LogP contribution is -2.44. The van der Waals surface area contributed by atoms with Crippen molar-refractivity contribution in [2.45, 2.75) is 20.3 Å². The first-order valence-corrected chi connectivity index (χ1v) is 7.31. The molecular weight excluding hydrogens is 268 g/mol. The van der Waals surface area contributed by atoms with Gasteiger partial charge >= 0.3 is 6.03 Å². The van der Waals surface area contributed by atoms with E-state index < -0.39 is 0 Å². The van der Waals surface area contributed by atoms with Crippen molar-refractivity contribution in [1.82, 2.24) is 4.90 Å². The van der Waals surface area contributed by atoms with E-state index in [1.165, 1.54) is 6.42 Å². The second kappa shape index (κ2) is 6.70. The molecule has 2 rings (SSSR count). The van der Waals surface area contributed by atoms with Crippen molar-refractivity contribution < 1.29 is 14.3 Å². The van der Waals surface area contributed by atoms with Gasteiger partial charge in [0.1, 0.15) is 0 Å². The molecule has 0 spiro atoms. The van der Waals surface area contributed by atoms with Crippen LogP contribution < -0.4 is 14.8 Å². The van der Waals surface area contributed by atoms with E-state index in [9.17, 15) is 4.79 Å². The van der Waals surface area contributed by atoms with Crippen LogP contribution in [0.25, 0.3) is 0 Å². The number of urea groups is 1. The Morgan fingerprint density at radius 3 is 2.33 bits per heavy atom. The van der Waals surface area contributed by atoms with Gasteiger partial charge in [-0.2, -0.15) is 0 Å². The van der Waals surface area contributed by atoms with Gasteiger partial charge in [-0.3, -0.25) is 0 Å². The summed E-state index contributed by atoms with van der Waals surface area (Å²) in [5.41, 5.74) is 0.712. The molecule has 1 fully saturated rings. The van der Waals surface area contributed by atoms with E-state index >= 15 is 0 Å². The maximum atomic E-state index is 12.4. The van der Waals surface area contributed by atoms with Crippen LogP contribution in [0.1, 0.15) is 20.3 Å². The molecule has 1 heterocycles. The average molecular weight is 292 g/mol. The van der Waals surface area contributed by atoms with E-state index in [1.807, 2.05) is 11.0 Å². The summed E-state index contributed by atoms with van der Waals surface area (Å²) in [7, 11) is 3.17. The SMILES string of the molecule is COc1ccc(NC(=O)N2CC(C)CC(C)C2)cc1OC. The van der Waals surface area contributed by atoms with E-state index in [0.717, 1.165) is 13.1 Å². The zero-order chi connectivity index (χ0) is 15.4. The van der Waals surface area contributed by atoms with E-state index in [-0.39, 0.29) is 6.03 Å². The molecule has 1 aliphatic rings. The van der Waals surface area contributed by atoms with Gasteiger partial charge in [0.2, 0.25) is 0 Å². The Kier molecular flexibility index (Phi) is 4.94. The van der Waals surface area contributed by atoms with Gasteiger partial charge in [0, 0.05) is 24.8 Å². The Labute approximate surface area is 126 Å². The monoisotopic (exact) mass is 292 g/mol. The predicted octanol–water partition coefficient (Wildman–Crippen LogP) is 3.21. The van der Waals surface area contributed by atoms with Gasteiger partial charge in [0.25, 0.3) is 0 Å². The van der Waals surface area contributed by atoms with Crippen molar-refractivity contribution in [2.75, 3.05) is 32.6 Å². The first-order valence-electron chi connectivity index (χ1n) is 7.31. The second-order valence-electron chi connectivity index (χ2n) is 5.85. The molecule has 0 aliphatic carbocycles. The van der Waals surface area contributed by atoms with Crippen molar-refractivity contribution in [2.24, 2.45) is 11.8 Å². The largest absolute Gasteiger partial charge is 0.493 e. The smallest absolute Gasteiger partial charge is 0.321 e. The van der Waals surface area contributed by atoms with Crippen molar-refractivity contribution >= 4 is 11.7 Å². The third-order valence-electron chi connectivity index (χ3n) is 3.79. The summed E-state index contributed by atoms with van der Waals surface area (Å²) < 4.78 is 10.4.